The molecule has 6 nitrogen and oxygen atoms in total. The van der Waals surface area contributed by atoms with Gasteiger partial charge < -0.3 is 9.80 Å². The highest BCUT2D eigenvalue weighted by atomic mass is 19.1. The molecule has 1 fully saturated rings. The monoisotopic (exact) mass is 364 g/mol. The number of anilines is 2. The summed E-state index contributed by atoms with van der Waals surface area (Å²) in [7, 11) is 0. The van der Waals surface area contributed by atoms with Crippen molar-refractivity contribution in [3.05, 3.63) is 60.2 Å². The molecule has 27 heavy (non-hydrogen) atoms. The van der Waals surface area contributed by atoms with E-state index in [9.17, 15) is 4.39 Å². The summed E-state index contributed by atoms with van der Waals surface area (Å²) in [6.07, 6.45) is 4.41. The van der Waals surface area contributed by atoms with Crippen molar-refractivity contribution < 1.29 is 4.39 Å². The van der Waals surface area contributed by atoms with Gasteiger partial charge in [-0.3, -0.25) is 0 Å². The number of benzene rings is 1. The second kappa shape index (κ2) is 7.65. The Hall–Kier alpha value is -3.09. The topological polar surface area (TPSA) is 58.0 Å². The Bertz CT molecular complexity index is 917. The van der Waals surface area contributed by atoms with Gasteiger partial charge in [0.25, 0.3) is 0 Å². The molecule has 0 spiro atoms. The molecule has 0 unspecified atom stereocenters. The summed E-state index contributed by atoms with van der Waals surface area (Å²) in [5.41, 5.74) is 2.02. The van der Waals surface area contributed by atoms with Crippen LogP contribution in [0.4, 0.5) is 16.2 Å². The Morgan fingerprint density at radius 2 is 1.78 bits per heavy atom. The van der Waals surface area contributed by atoms with Gasteiger partial charge in [0, 0.05) is 44.1 Å². The van der Waals surface area contributed by atoms with Gasteiger partial charge in [0.15, 0.2) is 5.82 Å². The van der Waals surface area contributed by atoms with Crippen molar-refractivity contribution in [3.63, 3.8) is 0 Å². The number of nitrogens with zero attached hydrogens (tertiary/aromatic N) is 6. The average molecular weight is 364 g/mol. The molecule has 0 amide bonds. The molecular formula is C20H21FN6. The fraction of sp³-hybridized carbons (Fsp3) is 0.300. The van der Waals surface area contributed by atoms with Crippen molar-refractivity contribution in [2.75, 3.05) is 36.0 Å². The first-order valence-corrected chi connectivity index (χ1v) is 9.08. The van der Waals surface area contributed by atoms with E-state index in [1.807, 2.05) is 25.1 Å². The number of rotatable bonds is 3. The van der Waals surface area contributed by atoms with Crippen LogP contribution in [0.25, 0.3) is 11.3 Å². The second-order valence-corrected chi connectivity index (χ2v) is 6.59. The lowest BCUT2D eigenvalue weighted by atomic mass is 10.1. The number of hydrogen-bond acceptors (Lipinski definition) is 6. The first-order valence-electron chi connectivity index (χ1n) is 9.08. The van der Waals surface area contributed by atoms with Crippen molar-refractivity contribution in [2.24, 2.45) is 0 Å². The smallest absolute Gasteiger partial charge is 0.225 e. The zero-order valence-corrected chi connectivity index (χ0v) is 15.2. The van der Waals surface area contributed by atoms with Gasteiger partial charge in [-0.15, -0.1) is 5.10 Å². The molecule has 7 heteroatoms. The summed E-state index contributed by atoms with van der Waals surface area (Å²) in [6.45, 7) is 5.24. The van der Waals surface area contributed by atoms with Crippen LogP contribution >= 0.6 is 0 Å². The predicted octanol–water partition coefficient (Wildman–Crippen LogP) is 3.10. The SMILES string of the molecule is Cc1cnc(N2CCCN(c3cccnn3)CC2)nc1-c1ccccc1F. The fourth-order valence-corrected chi connectivity index (χ4v) is 3.32. The molecule has 0 N–H and O–H groups in total. The third-order valence-corrected chi connectivity index (χ3v) is 4.75. The molecule has 1 aliphatic heterocycles. The Labute approximate surface area is 157 Å². The molecule has 0 saturated carbocycles. The van der Waals surface area contributed by atoms with Gasteiger partial charge in [0.05, 0.1) is 5.69 Å². The normalized spacial score (nSPS) is 14.9. The number of aryl methyl sites for hydroxylation is 1. The van der Waals surface area contributed by atoms with Crippen LogP contribution in [0, 0.1) is 12.7 Å². The van der Waals surface area contributed by atoms with E-state index in [2.05, 4.69) is 25.0 Å². The first kappa shape index (κ1) is 17.3. The molecule has 0 bridgehead atoms. The van der Waals surface area contributed by atoms with E-state index in [0.717, 1.165) is 44.0 Å². The van der Waals surface area contributed by atoms with Crippen molar-refractivity contribution in [3.8, 4) is 11.3 Å². The maximum atomic E-state index is 14.2. The van der Waals surface area contributed by atoms with Crippen LogP contribution in [0.5, 0.6) is 0 Å². The van der Waals surface area contributed by atoms with Crippen LogP contribution in [0.2, 0.25) is 0 Å². The molecule has 138 valence electrons. The molecule has 0 atom stereocenters. The summed E-state index contributed by atoms with van der Waals surface area (Å²) in [5, 5.41) is 8.17. The average Bonchev–Trinajstić information content (AvgIpc) is 2.96. The fourth-order valence-electron chi connectivity index (χ4n) is 3.32. The summed E-state index contributed by atoms with van der Waals surface area (Å²) in [6, 6.07) is 10.6. The van der Waals surface area contributed by atoms with E-state index in [4.69, 9.17) is 4.98 Å². The van der Waals surface area contributed by atoms with E-state index in [1.54, 1.807) is 24.5 Å². The Kier molecular flexibility index (Phi) is 4.91. The van der Waals surface area contributed by atoms with Crippen molar-refractivity contribution in [1.82, 2.24) is 20.2 Å². The van der Waals surface area contributed by atoms with E-state index >= 15 is 0 Å². The van der Waals surface area contributed by atoms with Gasteiger partial charge in [0.1, 0.15) is 5.82 Å². The molecule has 3 aromatic rings. The second-order valence-electron chi connectivity index (χ2n) is 6.59. The summed E-state index contributed by atoms with van der Waals surface area (Å²) >= 11 is 0. The third-order valence-electron chi connectivity index (χ3n) is 4.75. The van der Waals surface area contributed by atoms with Gasteiger partial charge in [0.2, 0.25) is 5.95 Å². The maximum Gasteiger partial charge on any atom is 0.225 e. The molecule has 4 rings (SSSR count). The lowest BCUT2D eigenvalue weighted by molar-refractivity contribution is 0.630. The molecule has 1 aliphatic rings. The zero-order valence-electron chi connectivity index (χ0n) is 15.2. The van der Waals surface area contributed by atoms with Gasteiger partial charge in [-0.2, -0.15) is 5.10 Å². The Morgan fingerprint density at radius 3 is 2.59 bits per heavy atom. The highest BCUT2D eigenvalue weighted by molar-refractivity contribution is 5.64. The van der Waals surface area contributed by atoms with Gasteiger partial charge in [-0.1, -0.05) is 12.1 Å². The minimum atomic E-state index is -0.269. The minimum Gasteiger partial charge on any atom is -0.353 e. The minimum absolute atomic E-state index is 0.269. The van der Waals surface area contributed by atoms with Crippen LogP contribution in [0.15, 0.2) is 48.8 Å². The lowest BCUT2D eigenvalue weighted by Crippen LogP contribution is -2.32. The predicted molar refractivity (Wildman–Crippen MR) is 103 cm³/mol. The highest BCUT2D eigenvalue weighted by Crippen LogP contribution is 2.26. The molecule has 0 radical (unpaired) electrons. The highest BCUT2D eigenvalue weighted by Gasteiger charge is 2.19. The van der Waals surface area contributed by atoms with E-state index in [0.29, 0.717) is 17.2 Å². The molecule has 0 aliphatic carbocycles. The van der Waals surface area contributed by atoms with Crippen molar-refractivity contribution >= 4 is 11.8 Å². The molecular weight excluding hydrogens is 343 g/mol. The number of hydrogen-bond donors (Lipinski definition) is 0. The maximum absolute atomic E-state index is 14.2. The summed E-state index contributed by atoms with van der Waals surface area (Å²) < 4.78 is 14.2. The van der Waals surface area contributed by atoms with Crippen LogP contribution < -0.4 is 9.80 Å². The largest absolute Gasteiger partial charge is 0.353 e. The Balaban J connectivity index is 1.57. The number of aromatic nitrogens is 4. The molecule has 1 saturated heterocycles. The summed E-state index contributed by atoms with van der Waals surface area (Å²) in [4.78, 5) is 13.6. The van der Waals surface area contributed by atoms with Crippen molar-refractivity contribution in [1.29, 1.82) is 0 Å². The van der Waals surface area contributed by atoms with Crippen LogP contribution in [0.1, 0.15) is 12.0 Å². The Morgan fingerprint density at radius 1 is 0.963 bits per heavy atom. The van der Waals surface area contributed by atoms with E-state index in [1.165, 1.54) is 6.07 Å². The van der Waals surface area contributed by atoms with Crippen LogP contribution in [-0.4, -0.2) is 46.3 Å². The van der Waals surface area contributed by atoms with Gasteiger partial charge in [-0.25, -0.2) is 14.4 Å². The van der Waals surface area contributed by atoms with Crippen LogP contribution in [-0.2, 0) is 0 Å². The molecule has 2 aromatic heterocycles. The molecule has 1 aromatic carbocycles. The standard InChI is InChI=1S/C20H21FN6/c1-15-14-22-20(24-19(15)16-6-2-3-7-17(16)21)27-11-5-10-26(12-13-27)18-8-4-9-23-25-18/h2-4,6-9,14H,5,10-13H2,1H3. The van der Waals surface area contributed by atoms with Gasteiger partial charge >= 0.3 is 0 Å². The molecule has 3 heterocycles. The van der Waals surface area contributed by atoms with Crippen LogP contribution in [0.3, 0.4) is 0 Å². The lowest BCUT2D eigenvalue weighted by Gasteiger charge is -2.23. The van der Waals surface area contributed by atoms with Crippen molar-refractivity contribution in [2.45, 2.75) is 13.3 Å². The van der Waals surface area contributed by atoms with E-state index < -0.39 is 0 Å². The quantitative estimate of drug-likeness (QED) is 0.712. The third kappa shape index (κ3) is 3.72. The van der Waals surface area contributed by atoms with Gasteiger partial charge in [-0.05, 0) is 43.2 Å². The van der Waals surface area contributed by atoms with E-state index in [-0.39, 0.29) is 5.82 Å². The summed E-state index contributed by atoms with van der Waals surface area (Å²) in [5.74, 6) is 1.26. The number of halogens is 1. The first-order chi connectivity index (χ1) is 13.2. The zero-order chi connectivity index (χ0) is 18.6.